The van der Waals surface area contributed by atoms with E-state index >= 15 is 0 Å². The lowest BCUT2D eigenvalue weighted by atomic mass is 10.1. The van der Waals surface area contributed by atoms with Crippen molar-refractivity contribution in [3.63, 3.8) is 0 Å². The molecular formula is C21H20N2OS2. The number of amides is 1. The smallest absolute Gasteiger partial charge is 0.237 e. The fourth-order valence-corrected chi connectivity index (χ4v) is 5.12. The number of anilines is 1. The molecule has 0 spiro atoms. The summed E-state index contributed by atoms with van der Waals surface area (Å²) in [5.41, 5.74) is 5.75. The highest BCUT2D eigenvalue weighted by Gasteiger charge is 2.18. The van der Waals surface area contributed by atoms with E-state index in [1.165, 1.54) is 29.3 Å². The summed E-state index contributed by atoms with van der Waals surface area (Å²) in [7, 11) is 0. The molecule has 2 aromatic carbocycles. The lowest BCUT2D eigenvalue weighted by Gasteiger charge is -2.11. The number of hydrogen-bond acceptors (Lipinski definition) is 4. The third-order valence-corrected chi connectivity index (χ3v) is 6.64. The third-order valence-electron chi connectivity index (χ3n) is 4.57. The maximum absolute atomic E-state index is 12.5. The Morgan fingerprint density at radius 3 is 2.81 bits per heavy atom. The monoisotopic (exact) mass is 380 g/mol. The second kappa shape index (κ2) is 7.64. The lowest BCUT2D eigenvalue weighted by molar-refractivity contribution is -0.115. The van der Waals surface area contributed by atoms with Gasteiger partial charge in [-0.05, 0) is 49.4 Å². The average Bonchev–Trinajstić information content (AvgIpc) is 3.31. The second-order valence-corrected chi connectivity index (χ2v) is 8.90. The number of hydrogen-bond donors (Lipinski definition) is 1. The van der Waals surface area contributed by atoms with E-state index in [-0.39, 0.29) is 11.2 Å². The van der Waals surface area contributed by atoms with Crippen LogP contribution in [-0.4, -0.2) is 16.1 Å². The minimum absolute atomic E-state index is 0.0180. The van der Waals surface area contributed by atoms with Gasteiger partial charge in [-0.3, -0.25) is 4.79 Å². The number of benzene rings is 2. The number of rotatable bonds is 5. The Kier molecular flexibility index (Phi) is 5.09. The predicted octanol–water partition coefficient (Wildman–Crippen LogP) is 5.42. The molecule has 1 unspecified atom stereocenters. The third kappa shape index (κ3) is 3.84. The van der Waals surface area contributed by atoms with Gasteiger partial charge < -0.3 is 5.32 Å². The van der Waals surface area contributed by atoms with E-state index in [4.69, 9.17) is 0 Å². The van der Waals surface area contributed by atoms with Crippen LogP contribution in [0.2, 0.25) is 0 Å². The molecule has 0 saturated carbocycles. The van der Waals surface area contributed by atoms with Gasteiger partial charge in [-0.15, -0.1) is 11.3 Å². The van der Waals surface area contributed by atoms with Crippen LogP contribution in [0.1, 0.15) is 24.5 Å². The Morgan fingerprint density at radius 2 is 1.96 bits per heavy atom. The number of aromatic nitrogens is 1. The van der Waals surface area contributed by atoms with Crippen molar-refractivity contribution in [1.82, 2.24) is 4.98 Å². The summed E-state index contributed by atoms with van der Waals surface area (Å²) < 4.78 is 0.917. The second-order valence-electron chi connectivity index (χ2n) is 6.45. The molecule has 1 aromatic heterocycles. The van der Waals surface area contributed by atoms with Gasteiger partial charge in [0.15, 0.2) is 4.34 Å². The van der Waals surface area contributed by atoms with Crippen LogP contribution < -0.4 is 5.32 Å². The van der Waals surface area contributed by atoms with E-state index in [0.717, 1.165) is 34.1 Å². The van der Waals surface area contributed by atoms with E-state index in [0.29, 0.717) is 0 Å². The average molecular weight is 381 g/mol. The first-order chi connectivity index (χ1) is 12.7. The minimum atomic E-state index is -0.196. The fraction of sp³-hybridized carbons (Fsp3) is 0.238. The summed E-state index contributed by atoms with van der Waals surface area (Å²) >= 11 is 3.09. The molecule has 1 N–H and O–H groups in total. The number of nitrogens with one attached hydrogen (secondary N) is 1. The Bertz CT molecular complexity index is 921. The van der Waals surface area contributed by atoms with Gasteiger partial charge >= 0.3 is 0 Å². The zero-order valence-corrected chi connectivity index (χ0v) is 16.2. The summed E-state index contributed by atoms with van der Waals surface area (Å²) in [6, 6.07) is 16.4. The molecule has 3 aromatic rings. The number of thiazole rings is 1. The Labute approximate surface area is 161 Å². The van der Waals surface area contributed by atoms with Crippen LogP contribution in [-0.2, 0) is 17.6 Å². The number of aryl methyl sites for hydroxylation is 2. The zero-order chi connectivity index (χ0) is 17.9. The van der Waals surface area contributed by atoms with E-state index in [2.05, 4.69) is 22.4 Å². The number of carbonyl (C=O) groups excluding carboxylic acids is 1. The van der Waals surface area contributed by atoms with Crippen LogP contribution in [0.4, 0.5) is 5.69 Å². The number of carbonyl (C=O) groups is 1. The van der Waals surface area contributed by atoms with E-state index < -0.39 is 0 Å². The van der Waals surface area contributed by atoms with Gasteiger partial charge in [0.1, 0.15) is 0 Å². The SMILES string of the molecule is CC(Sc1nc(-c2ccccc2)cs1)C(=O)Nc1ccc2c(c1)CCC2. The fourth-order valence-electron chi connectivity index (χ4n) is 3.15. The van der Waals surface area contributed by atoms with Crippen molar-refractivity contribution < 1.29 is 4.79 Å². The molecule has 26 heavy (non-hydrogen) atoms. The highest BCUT2D eigenvalue weighted by molar-refractivity contribution is 8.02. The molecule has 1 aliphatic carbocycles. The number of thioether (sulfide) groups is 1. The normalized spacial score (nSPS) is 14.0. The summed E-state index contributed by atoms with van der Waals surface area (Å²) in [6.45, 7) is 1.93. The van der Waals surface area contributed by atoms with Gasteiger partial charge in [0.25, 0.3) is 0 Å². The van der Waals surface area contributed by atoms with Gasteiger partial charge in [0, 0.05) is 16.6 Å². The standard InChI is InChI=1S/C21H20N2OS2/c1-14(20(24)22-18-11-10-15-8-5-9-17(15)12-18)26-21-23-19(13-25-21)16-6-3-2-4-7-16/h2-4,6-7,10-14H,5,8-9H2,1H3,(H,22,24). The van der Waals surface area contributed by atoms with Crippen molar-refractivity contribution in [2.75, 3.05) is 5.32 Å². The van der Waals surface area contributed by atoms with Crippen molar-refractivity contribution in [2.45, 2.75) is 35.8 Å². The van der Waals surface area contributed by atoms with Crippen LogP contribution in [0.15, 0.2) is 58.3 Å². The molecule has 132 valence electrons. The van der Waals surface area contributed by atoms with Gasteiger partial charge in [-0.1, -0.05) is 48.2 Å². The molecule has 0 bridgehead atoms. The minimum Gasteiger partial charge on any atom is -0.325 e. The first kappa shape index (κ1) is 17.3. The van der Waals surface area contributed by atoms with Crippen molar-refractivity contribution in [2.24, 2.45) is 0 Å². The van der Waals surface area contributed by atoms with Gasteiger partial charge in [-0.25, -0.2) is 4.98 Å². The van der Waals surface area contributed by atoms with Crippen molar-refractivity contribution in [3.05, 3.63) is 65.0 Å². The van der Waals surface area contributed by atoms with Gasteiger partial charge in [0.2, 0.25) is 5.91 Å². The molecular weight excluding hydrogens is 360 g/mol. The van der Waals surface area contributed by atoms with Crippen LogP contribution in [0, 0.1) is 0 Å². The predicted molar refractivity (Wildman–Crippen MR) is 110 cm³/mol. The van der Waals surface area contributed by atoms with Crippen molar-refractivity contribution in [3.8, 4) is 11.3 Å². The van der Waals surface area contributed by atoms with Crippen LogP contribution >= 0.6 is 23.1 Å². The maximum atomic E-state index is 12.5. The van der Waals surface area contributed by atoms with Crippen LogP contribution in [0.25, 0.3) is 11.3 Å². The van der Waals surface area contributed by atoms with E-state index in [1.807, 2.05) is 48.7 Å². The highest BCUT2D eigenvalue weighted by atomic mass is 32.2. The summed E-state index contributed by atoms with van der Waals surface area (Å²) in [5, 5.41) is 4.90. The molecule has 1 atom stereocenters. The first-order valence-electron chi connectivity index (χ1n) is 8.79. The number of fused-ring (bicyclic) bond motifs is 1. The summed E-state index contributed by atoms with van der Waals surface area (Å²) in [6.07, 6.45) is 3.49. The Balaban J connectivity index is 1.39. The van der Waals surface area contributed by atoms with Gasteiger partial charge in [-0.2, -0.15) is 0 Å². The van der Waals surface area contributed by atoms with Crippen molar-refractivity contribution in [1.29, 1.82) is 0 Å². The quantitative estimate of drug-likeness (QED) is 0.601. The topological polar surface area (TPSA) is 42.0 Å². The molecule has 0 saturated heterocycles. The van der Waals surface area contributed by atoms with E-state index in [1.54, 1.807) is 11.3 Å². The largest absolute Gasteiger partial charge is 0.325 e. The molecule has 1 amide bonds. The summed E-state index contributed by atoms with van der Waals surface area (Å²) in [4.78, 5) is 17.2. The van der Waals surface area contributed by atoms with Gasteiger partial charge in [0.05, 0.1) is 10.9 Å². The Hall–Kier alpha value is -2.11. The van der Waals surface area contributed by atoms with Crippen LogP contribution in [0.5, 0.6) is 0 Å². The molecule has 5 heteroatoms. The van der Waals surface area contributed by atoms with Crippen LogP contribution in [0.3, 0.4) is 0 Å². The summed E-state index contributed by atoms with van der Waals surface area (Å²) in [5.74, 6) is 0.0180. The highest BCUT2D eigenvalue weighted by Crippen LogP contribution is 2.31. The molecule has 1 aliphatic rings. The Morgan fingerprint density at radius 1 is 1.15 bits per heavy atom. The maximum Gasteiger partial charge on any atom is 0.237 e. The van der Waals surface area contributed by atoms with Crippen molar-refractivity contribution >= 4 is 34.7 Å². The molecule has 4 rings (SSSR count). The number of nitrogens with zero attached hydrogens (tertiary/aromatic N) is 1. The van der Waals surface area contributed by atoms with E-state index in [9.17, 15) is 4.79 Å². The molecule has 0 fully saturated rings. The molecule has 0 aliphatic heterocycles. The first-order valence-corrected chi connectivity index (χ1v) is 10.6. The molecule has 1 heterocycles. The lowest BCUT2D eigenvalue weighted by Crippen LogP contribution is -2.22. The molecule has 3 nitrogen and oxygen atoms in total. The zero-order valence-electron chi connectivity index (χ0n) is 14.6. The molecule has 0 radical (unpaired) electrons.